The molecule has 27 heavy (non-hydrogen) atoms. The van der Waals surface area contributed by atoms with E-state index in [-0.39, 0.29) is 23.5 Å². The number of hydrogen-bond acceptors (Lipinski definition) is 2. The van der Waals surface area contributed by atoms with Gasteiger partial charge >= 0.3 is 0 Å². The van der Waals surface area contributed by atoms with Gasteiger partial charge in [0.25, 0.3) is 5.91 Å². The van der Waals surface area contributed by atoms with Gasteiger partial charge in [-0.15, -0.1) is 0 Å². The molecule has 1 saturated heterocycles. The summed E-state index contributed by atoms with van der Waals surface area (Å²) >= 11 is 5.97. The number of likely N-dealkylation sites (tertiary alicyclic amines) is 1. The van der Waals surface area contributed by atoms with Gasteiger partial charge in [0.2, 0.25) is 5.91 Å². The van der Waals surface area contributed by atoms with Crippen molar-refractivity contribution in [2.45, 2.75) is 19.3 Å². The molecule has 0 bridgehead atoms. The van der Waals surface area contributed by atoms with E-state index in [0.29, 0.717) is 36.6 Å². The number of carbonyl (C=O) groups is 2. The van der Waals surface area contributed by atoms with Crippen molar-refractivity contribution >= 4 is 23.4 Å². The molecular formula is C21H22ClFN2O2. The minimum atomic E-state index is -0.373. The molecule has 0 aromatic heterocycles. The summed E-state index contributed by atoms with van der Waals surface area (Å²) < 4.78 is 13.0. The lowest BCUT2D eigenvalue weighted by Gasteiger charge is -2.32. The van der Waals surface area contributed by atoms with Crippen molar-refractivity contribution in [3.8, 4) is 0 Å². The van der Waals surface area contributed by atoms with Crippen molar-refractivity contribution < 1.29 is 14.0 Å². The van der Waals surface area contributed by atoms with Gasteiger partial charge in [-0.1, -0.05) is 23.7 Å². The third kappa shape index (κ3) is 5.30. The summed E-state index contributed by atoms with van der Waals surface area (Å²) in [6.07, 6.45) is 2.24. The molecule has 1 unspecified atom stereocenters. The molecule has 1 N–H and O–H groups in total. The summed E-state index contributed by atoms with van der Waals surface area (Å²) in [6.45, 7) is 1.53. The lowest BCUT2D eigenvalue weighted by molar-refractivity contribution is -0.126. The lowest BCUT2D eigenvalue weighted by Crippen LogP contribution is -2.45. The Hall–Kier alpha value is -2.40. The lowest BCUT2D eigenvalue weighted by atomic mass is 9.96. The molecule has 6 heteroatoms. The Labute approximate surface area is 163 Å². The van der Waals surface area contributed by atoms with Crippen LogP contribution in [0.2, 0.25) is 5.02 Å². The monoisotopic (exact) mass is 388 g/mol. The molecule has 2 aromatic rings. The first-order chi connectivity index (χ1) is 13.0. The SMILES string of the molecule is O=C(NCCc1cccc(Cl)c1)C1CCCN(C(=O)c2ccc(F)cc2)C1. The highest BCUT2D eigenvalue weighted by atomic mass is 35.5. The average molecular weight is 389 g/mol. The van der Waals surface area contributed by atoms with Crippen LogP contribution in [0.3, 0.4) is 0 Å². The molecule has 0 saturated carbocycles. The summed E-state index contributed by atoms with van der Waals surface area (Å²) in [5.41, 5.74) is 1.51. The van der Waals surface area contributed by atoms with Crippen LogP contribution in [0.1, 0.15) is 28.8 Å². The van der Waals surface area contributed by atoms with Crippen molar-refractivity contribution in [2.75, 3.05) is 19.6 Å². The quantitative estimate of drug-likeness (QED) is 0.849. The van der Waals surface area contributed by atoms with E-state index in [9.17, 15) is 14.0 Å². The van der Waals surface area contributed by atoms with Gasteiger partial charge in [0, 0.05) is 30.2 Å². The van der Waals surface area contributed by atoms with Crippen LogP contribution in [0, 0.1) is 11.7 Å². The topological polar surface area (TPSA) is 49.4 Å². The highest BCUT2D eigenvalue weighted by Crippen LogP contribution is 2.19. The standard InChI is InChI=1S/C21H22ClFN2O2/c22-18-5-1-3-15(13-18)10-11-24-20(26)17-4-2-12-25(14-17)21(27)16-6-8-19(23)9-7-16/h1,3,5-9,13,17H,2,4,10-12,14H2,(H,24,26). The maximum absolute atomic E-state index is 13.0. The van der Waals surface area contributed by atoms with Crippen LogP contribution in [-0.4, -0.2) is 36.3 Å². The fourth-order valence-corrected chi connectivity index (χ4v) is 3.53. The Kier molecular flexibility index (Phi) is 6.45. The average Bonchev–Trinajstić information content (AvgIpc) is 2.68. The van der Waals surface area contributed by atoms with Gasteiger partial charge in [-0.2, -0.15) is 0 Å². The summed E-state index contributed by atoms with van der Waals surface area (Å²) in [5, 5.41) is 3.64. The molecule has 3 rings (SSSR count). The minimum Gasteiger partial charge on any atom is -0.355 e. The summed E-state index contributed by atoms with van der Waals surface area (Å²) in [4.78, 5) is 26.7. The predicted molar refractivity (Wildman–Crippen MR) is 103 cm³/mol. The molecule has 4 nitrogen and oxygen atoms in total. The molecule has 0 spiro atoms. The number of halogens is 2. The fraction of sp³-hybridized carbons (Fsp3) is 0.333. The van der Waals surface area contributed by atoms with Crippen LogP contribution >= 0.6 is 11.6 Å². The van der Waals surface area contributed by atoms with Gasteiger partial charge in [0.1, 0.15) is 5.82 Å². The molecule has 0 radical (unpaired) electrons. The molecule has 2 aromatic carbocycles. The smallest absolute Gasteiger partial charge is 0.253 e. The number of carbonyl (C=O) groups excluding carboxylic acids is 2. The van der Waals surface area contributed by atoms with Gasteiger partial charge in [0.15, 0.2) is 0 Å². The Bertz CT molecular complexity index is 810. The molecule has 1 aliphatic heterocycles. The molecule has 142 valence electrons. The molecular weight excluding hydrogens is 367 g/mol. The normalized spacial score (nSPS) is 16.8. The fourth-order valence-electron chi connectivity index (χ4n) is 3.32. The van der Waals surface area contributed by atoms with Crippen molar-refractivity contribution in [1.29, 1.82) is 0 Å². The van der Waals surface area contributed by atoms with Gasteiger partial charge < -0.3 is 10.2 Å². The largest absolute Gasteiger partial charge is 0.355 e. The molecule has 1 heterocycles. The Morgan fingerprint density at radius 3 is 2.70 bits per heavy atom. The summed E-state index contributed by atoms with van der Waals surface area (Å²) in [7, 11) is 0. The van der Waals surface area contributed by atoms with Gasteiger partial charge in [-0.05, 0) is 61.2 Å². The van der Waals surface area contributed by atoms with E-state index in [1.807, 2.05) is 24.3 Å². The van der Waals surface area contributed by atoms with E-state index in [0.717, 1.165) is 18.4 Å². The third-order valence-corrected chi connectivity index (χ3v) is 5.01. The van der Waals surface area contributed by atoms with Crippen molar-refractivity contribution in [3.05, 3.63) is 70.5 Å². The number of nitrogens with zero attached hydrogens (tertiary/aromatic N) is 1. The zero-order chi connectivity index (χ0) is 19.2. The van der Waals surface area contributed by atoms with E-state index in [1.54, 1.807) is 4.90 Å². The second kappa shape index (κ2) is 9.00. The predicted octanol–water partition coefficient (Wildman–Crippen LogP) is 3.69. The third-order valence-electron chi connectivity index (χ3n) is 4.77. The van der Waals surface area contributed by atoms with Crippen LogP contribution < -0.4 is 5.32 Å². The van der Waals surface area contributed by atoms with Crippen LogP contribution in [-0.2, 0) is 11.2 Å². The highest BCUT2D eigenvalue weighted by molar-refractivity contribution is 6.30. The van der Waals surface area contributed by atoms with Gasteiger partial charge in [-0.25, -0.2) is 4.39 Å². The summed E-state index contributed by atoms with van der Waals surface area (Å²) in [5.74, 6) is -0.787. The van der Waals surface area contributed by atoms with Crippen LogP contribution in [0.4, 0.5) is 4.39 Å². The van der Waals surface area contributed by atoms with E-state index >= 15 is 0 Å². The van der Waals surface area contributed by atoms with Crippen LogP contribution in [0.15, 0.2) is 48.5 Å². The first-order valence-electron chi connectivity index (χ1n) is 9.10. The molecule has 1 atom stereocenters. The number of benzene rings is 2. The van der Waals surface area contributed by atoms with E-state index in [1.165, 1.54) is 24.3 Å². The molecule has 1 fully saturated rings. The zero-order valence-electron chi connectivity index (χ0n) is 15.0. The first-order valence-corrected chi connectivity index (χ1v) is 9.48. The number of piperidine rings is 1. The Morgan fingerprint density at radius 2 is 1.96 bits per heavy atom. The number of rotatable bonds is 5. The number of hydrogen-bond donors (Lipinski definition) is 1. The van der Waals surface area contributed by atoms with Crippen molar-refractivity contribution in [2.24, 2.45) is 5.92 Å². The highest BCUT2D eigenvalue weighted by Gasteiger charge is 2.28. The zero-order valence-corrected chi connectivity index (χ0v) is 15.7. The maximum Gasteiger partial charge on any atom is 0.253 e. The van der Waals surface area contributed by atoms with Crippen molar-refractivity contribution in [3.63, 3.8) is 0 Å². The minimum absolute atomic E-state index is 0.0337. The van der Waals surface area contributed by atoms with Crippen LogP contribution in [0.25, 0.3) is 0 Å². The van der Waals surface area contributed by atoms with Gasteiger partial charge in [-0.3, -0.25) is 9.59 Å². The second-order valence-electron chi connectivity index (χ2n) is 6.77. The van der Waals surface area contributed by atoms with Gasteiger partial charge in [0.05, 0.1) is 5.92 Å². The first kappa shape index (κ1) is 19.4. The van der Waals surface area contributed by atoms with E-state index in [2.05, 4.69) is 5.32 Å². The second-order valence-corrected chi connectivity index (χ2v) is 7.20. The molecule has 0 aliphatic carbocycles. The summed E-state index contributed by atoms with van der Waals surface area (Å²) in [6, 6.07) is 13.1. The Balaban J connectivity index is 1.51. The van der Waals surface area contributed by atoms with Crippen LogP contribution in [0.5, 0.6) is 0 Å². The van der Waals surface area contributed by atoms with E-state index < -0.39 is 0 Å². The number of nitrogens with one attached hydrogen (secondary N) is 1. The number of amides is 2. The van der Waals surface area contributed by atoms with E-state index in [4.69, 9.17) is 11.6 Å². The van der Waals surface area contributed by atoms with Crippen molar-refractivity contribution in [1.82, 2.24) is 10.2 Å². The molecule has 1 aliphatic rings. The maximum atomic E-state index is 13.0. The Morgan fingerprint density at radius 1 is 1.19 bits per heavy atom. The molecule has 2 amide bonds.